The van der Waals surface area contributed by atoms with E-state index >= 15 is 0 Å². The highest BCUT2D eigenvalue weighted by molar-refractivity contribution is 6.30. The second-order valence-electron chi connectivity index (χ2n) is 6.37. The highest BCUT2D eigenvalue weighted by Crippen LogP contribution is 2.26. The van der Waals surface area contributed by atoms with E-state index in [9.17, 15) is 9.59 Å². The fraction of sp³-hybridized carbons (Fsp3) is 0.0455. The molecule has 0 fully saturated rings. The molecule has 0 aliphatic heterocycles. The first-order chi connectivity index (χ1) is 14.0. The van der Waals surface area contributed by atoms with Crippen molar-refractivity contribution in [3.63, 3.8) is 0 Å². The Labute approximate surface area is 171 Å². The molecule has 0 spiro atoms. The Morgan fingerprint density at radius 1 is 1.03 bits per heavy atom. The fourth-order valence-corrected chi connectivity index (χ4v) is 2.98. The minimum Gasteiger partial charge on any atom is -0.463 e. The van der Waals surface area contributed by atoms with Gasteiger partial charge in [-0.15, -0.1) is 0 Å². The van der Waals surface area contributed by atoms with Crippen molar-refractivity contribution in [3.05, 3.63) is 89.3 Å². The summed E-state index contributed by atoms with van der Waals surface area (Å²) in [6.07, 6.45) is 1.56. The minimum absolute atomic E-state index is 0.0346. The van der Waals surface area contributed by atoms with Crippen LogP contribution < -0.4 is 5.32 Å². The molecule has 4 aromatic rings. The van der Waals surface area contributed by atoms with Crippen LogP contribution in [0.4, 0.5) is 5.69 Å². The number of halogens is 1. The number of amides is 1. The zero-order valence-corrected chi connectivity index (χ0v) is 16.2. The molecule has 0 saturated carbocycles. The lowest BCUT2D eigenvalue weighted by atomic mass is 10.1. The number of anilines is 1. The number of hydrogen-bond acceptors (Lipinski definition) is 4. The molecule has 0 aliphatic carbocycles. The summed E-state index contributed by atoms with van der Waals surface area (Å²) in [5.41, 5.74) is 2.75. The Morgan fingerprint density at radius 3 is 2.38 bits per heavy atom. The molecule has 0 atom stereocenters. The summed E-state index contributed by atoms with van der Waals surface area (Å²) in [6.45, 7) is 1.49. The number of aromatic nitrogens is 2. The molecule has 2 aromatic carbocycles. The average molecular weight is 406 g/mol. The molecule has 2 heterocycles. The number of Topliss-reactive ketones (excluding diaryl/α,β-unsaturated/α-hetero) is 1. The van der Waals surface area contributed by atoms with Crippen LogP contribution in [0.15, 0.2) is 77.4 Å². The van der Waals surface area contributed by atoms with Crippen LogP contribution >= 0.6 is 11.6 Å². The van der Waals surface area contributed by atoms with Crippen LogP contribution in [-0.4, -0.2) is 21.5 Å². The maximum Gasteiger partial charge on any atom is 0.276 e. The van der Waals surface area contributed by atoms with E-state index in [-0.39, 0.29) is 17.4 Å². The SMILES string of the molecule is CC(=O)c1ccc(NC(=O)c2cc(-c3ccco3)n(-c3ccc(Cl)cc3)n2)cc1. The molecule has 4 rings (SSSR count). The van der Waals surface area contributed by atoms with Crippen molar-refractivity contribution < 1.29 is 14.0 Å². The summed E-state index contributed by atoms with van der Waals surface area (Å²) in [5, 5.41) is 7.85. The Morgan fingerprint density at radius 2 is 1.76 bits per heavy atom. The van der Waals surface area contributed by atoms with Gasteiger partial charge in [0.25, 0.3) is 5.91 Å². The highest BCUT2D eigenvalue weighted by Gasteiger charge is 2.18. The topological polar surface area (TPSA) is 77.1 Å². The van der Waals surface area contributed by atoms with E-state index in [4.69, 9.17) is 16.0 Å². The lowest BCUT2D eigenvalue weighted by Crippen LogP contribution is -2.13. The number of furan rings is 1. The first kappa shape index (κ1) is 18.7. The monoisotopic (exact) mass is 405 g/mol. The van der Waals surface area contributed by atoms with Crippen molar-refractivity contribution in [2.75, 3.05) is 5.32 Å². The molecule has 6 nitrogen and oxygen atoms in total. The molecule has 1 N–H and O–H groups in total. The number of ketones is 1. The van der Waals surface area contributed by atoms with E-state index in [0.29, 0.717) is 27.7 Å². The van der Waals surface area contributed by atoms with Gasteiger partial charge in [-0.3, -0.25) is 9.59 Å². The van der Waals surface area contributed by atoms with Crippen molar-refractivity contribution >= 4 is 29.0 Å². The van der Waals surface area contributed by atoms with Crippen LogP contribution in [-0.2, 0) is 0 Å². The third-order valence-electron chi connectivity index (χ3n) is 4.34. The van der Waals surface area contributed by atoms with Crippen LogP contribution in [0.25, 0.3) is 17.1 Å². The quantitative estimate of drug-likeness (QED) is 0.460. The van der Waals surface area contributed by atoms with E-state index < -0.39 is 0 Å². The average Bonchev–Trinajstić information content (AvgIpc) is 3.39. The van der Waals surface area contributed by atoms with Crippen molar-refractivity contribution in [2.24, 2.45) is 0 Å². The number of hydrogen-bond donors (Lipinski definition) is 1. The first-order valence-corrected chi connectivity index (χ1v) is 9.21. The molecule has 0 aliphatic rings. The smallest absolute Gasteiger partial charge is 0.276 e. The minimum atomic E-state index is -0.374. The molecular formula is C22H16ClN3O3. The number of carbonyl (C=O) groups is 2. The summed E-state index contributed by atoms with van der Waals surface area (Å²) in [7, 11) is 0. The van der Waals surface area contributed by atoms with Crippen molar-refractivity contribution in [2.45, 2.75) is 6.92 Å². The molecular weight excluding hydrogens is 390 g/mol. The Bertz CT molecular complexity index is 1160. The predicted octanol–water partition coefficient (Wildman–Crippen LogP) is 5.24. The van der Waals surface area contributed by atoms with Gasteiger partial charge in [-0.05, 0) is 67.6 Å². The second kappa shape index (κ2) is 7.77. The lowest BCUT2D eigenvalue weighted by molar-refractivity contribution is 0.101. The molecule has 1 amide bonds. The largest absolute Gasteiger partial charge is 0.463 e. The van der Waals surface area contributed by atoms with Crippen LogP contribution in [0.3, 0.4) is 0 Å². The summed E-state index contributed by atoms with van der Waals surface area (Å²) in [5.74, 6) is 0.172. The Hall–Kier alpha value is -3.64. The third kappa shape index (κ3) is 3.97. The zero-order chi connectivity index (χ0) is 20.4. The van der Waals surface area contributed by atoms with Crippen molar-refractivity contribution in [1.82, 2.24) is 9.78 Å². The number of nitrogens with one attached hydrogen (secondary N) is 1. The summed E-state index contributed by atoms with van der Waals surface area (Å²) in [4.78, 5) is 24.1. The Kier molecular flexibility index (Phi) is 5.01. The van der Waals surface area contributed by atoms with E-state index in [1.54, 1.807) is 65.5 Å². The van der Waals surface area contributed by atoms with Gasteiger partial charge in [-0.25, -0.2) is 4.68 Å². The lowest BCUT2D eigenvalue weighted by Gasteiger charge is -2.06. The van der Waals surface area contributed by atoms with E-state index in [2.05, 4.69) is 10.4 Å². The van der Waals surface area contributed by atoms with Crippen LogP contribution in [0, 0.1) is 0 Å². The van der Waals surface area contributed by atoms with Crippen LogP contribution in [0.1, 0.15) is 27.8 Å². The maximum atomic E-state index is 12.7. The molecule has 0 saturated heterocycles. The molecule has 0 radical (unpaired) electrons. The molecule has 0 unspecified atom stereocenters. The number of carbonyl (C=O) groups excluding carboxylic acids is 2. The van der Waals surface area contributed by atoms with Gasteiger partial charge in [0.15, 0.2) is 17.2 Å². The number of rotatable bonds is 5. The van der Waals surface area contributed by atoms with Gasteiger partial charge in [-0.1, -0.05) is 11.6 Å². The first-order valence-electron chi connectivity index (χ1n) is 8.83. The van der Waals surface area contributed by atoms with Crippen molar-refractivity contribution in [3.8, 4) is 17.1 Å². The van der Waals surface area contributed by atoms with Gasteiger partial charge in [0.2, 0.25) is 0 Å². The van der Waals surface area contributed by atoms with Gasteiger partial charge in [0, 0.05) is 22.3 Å². The summed E-state index contributed by atoms with van der Waals surface area (Å²) < 4.78 is 7.13. The molecule has 7 heteroatoms. The van der Waals surface area contributed by atoms with E-state index in [1.165, 1.54) is 6.92 Å². The molecule has 144 valence electrons. The molecule has 29 heavy (non-hydrogen) atoms. The van der Waals surface area contributed by atoms with Crippen LogP contribution in [0.5, 0.6) is 0 Å². The summed E-state index contributed by atoms with van der Waals surface area (Å²) >= 11 is 5.98. The maximum absolute atomic E-state index is 12.7. The van der Waals surface area contributed by atoms with Gasteiger partial charge in [0.05, 0.1) is 12.0 Å². The molecule has 2 aromatic heterocycles. The van der Waals surface area contributed by atoms with Gasteiger partial charge in [0.1, 0.15) is 5.69 Å². The number of nitrogens with zero attached hydrogens (tertiary/aromatic N) is 2. The Balaban J connectivity index is 1.67. The molecule has 0 bridgehead atoms. The second-order valence-corrected chi connectivity index (χ2v) is 6.80. The van der Waals surface area contributed by atoms with Gasteiger partial charge >= 0.3 is 0 Å². The standard InChI is InChI=1S/C22H16ClN3O3/c1-14(27)15-4-8-17(9-5-15)24-22(28)19-13-20(21-3-2-12-29-21)26(25-19)18-10-6-16(23)7-11-18/h2-13H,1H3,(H,24,28). The highest BCUT2D eigenvalue weighted by atomic mass is 35.5. The summed E-state index contributed by atoms with van der Waals surface area (Å²) in [6, 6.07) is 19.0. The van der Waals surface area contributed by atoms with Gasteiger partial charge in [-0.2, -0.15) is 5.10 Å². The zero-order valence-electron chi connectivity index (χ0n) is 15.4. The third-order valence-corrected chi connectivity index (χ3v) is 4.59. The van der Waals surface area contributed by atoms with Crippen molar-refractivity contribution in [1.29, 1.82) is 0 Å². The fourth-order valence-electron chi connectivity index (χ4n) is 2.85. The predicted molar refractivity (Wildman–Crippen MR) is 111 cm³/mol. The van der Waals surface area contributed by atoms with Crippen LogP contribution in [0.2, 0.25) is 5.02 Å². The normalized spacial score (nSPS) is 10.7. The van der Waals surface area contributed by atoms with E-state index in [1.807, 2.05) is 12.1 Å². The number of benzene rings is 2. The van der Waals surface area contributed by atoms with Gasteiger partial charge < -0.3 is 9.73 Å². The van der Waals surface area contributed by atoms with E-state index in [0.717, 1.165) is 5.69 Å².